The Bertz CT molecular complexity index is 630. The Labute approximate surface area is 118 Å². The molecule has 0 spiro atoms. The molecular weight excluding hydrogens is 252 g/mol. The molecule has 3 heteroatoms. The Hall–Kier alpha value is -2.55. The summed E-state index contributed by atoms with van der Waals surface area (Å²) in [5.74, 6) is 0.875. The second-order valence-electron chi connectivity index (χ2n) is 4.26. The van der Waals surface area contributed by atoms with Crippen LogP contribution in [-0.2, 0) is 4.79 Å². The summed E-state index contributed by atoms with van der Waals surface area (Å²) in [7, 11) is 1.60. The third-order valence-electron chi connectivity index (χ3n) is 2.84. The summed E-state index contributed by atoms with van der Waals surface area (Å²) in [6.45, 7) is 1.90. The van der Waals surface area contributed by atoms with Gasteiger partial charge in [0.2, 0.25) is 0 Å². The van der Waals surface area contributed by atoms with Gasteiger partial charge in [-0.05, 0) is 30.7 Å². The molecule has 2 aromatic carbocycles. The first-order valence-electron chi connectivity index (χ1n) is 6.29. The molecule has 2 rings (SSSR count). The predicted molar refractivity (Wildman–Crippen MR) is 78.8 cm³/mol. The number of hydrogen-bond donors (Lipinski definition) is 0. The van der Waals surface area contributed by atoms with Gasteiger partial charge in [-0.3, -0.25) is 0 Å². The highest BCUT2D eigenvalue weighted by atomic mass is 16.5. The topological polar surface area (TPSA) is 35.5 Å². The molecule has 0 amide bonds. The van der Waals surface area contributed by atoms with Gasteiger partial charge in [-0.2, -0.15) is 0 Å². The van der Waals surface area contributed by atoms with Gasteiger partial charge in [0.05, 0.1) is 7.11 Å². The number of aryl methyl sites for hydroxylation is 1. The van der Waals surface area contributed by atoms with Crippen molar-refractivity contribution in [2.75, 3.05) is 7.11 Å². The van der Waals surface area contributed by atoms with Crippen LogP contribution in [0.1, 0.15) is 11.1 Å². The second-order valence-corrected chi connectivity index (χ2v) is 4.26. The molecule has 20 heavy (non-hydrogen) atoms. The summed E-state index contributed by atoms with van der Waals surface area (Å²) < 4.78 is 10.5. The molecule has 0 saturated heterocycles. The van der Waals surface area contributed by atoms with Gasteiger partial charge in [0.25, 0.3) is 0 Å². The van der Waals surface area contributed by atoms with Gasteiger partial charge in [0, 0.05) is 11.6 Å². The number of benzene rings is 2. The van der Waals surface area contributed by atoms with Gasteiger partial charge in [-0.1, -0.05) is 36.4 Å². The first kappa shape index (κ1) is 13.9. The fourth-order valence-corrected chi connectivity index (χ4v) is 1.78. The van der Waals surface area contributed by atoms with Crippen LogP contribution in [0.2, 0.25) is 0 Å². The van der Waals surface area contributed by atoms with E-state index in [9.17, 15) is 4.79 Å². The average Bonchev–Trinajstić information content (AvgIpc) is 2.48. The van der Waals surface area contributed by atoms with Crippen LogP contribution in [0.15, 0.2) is 54.6 Å². The number of carbonyl (C=O) groups is 1. The minimum absolute atomic E-state index is 0.412. The summed E-state index contributed by atoms with van der Waals surface area (Å²) in [6, 6.07) is 14.9. The third kappa shape index (κ3) is 3.48. The maximum Gasteiger partial charge on any atom is 0.336 e. The van der Waals surface area contributed by atoms with Gasteiger partial charge >= 0.3 is 5.97 Å². The van der Waals surface area contributed by atoms with E-state index in [1.54, 1.807) is 19.3 Å². The lowest BCUT2D eigenvalue weighted by molar-refractivity contribution is -0.128. The van der Waals surface area contributed by atoms with E-state index in [-0.39, 0.29) is 0 Å². The van der Waals surface area contributed by atoms with Gasteiger partial charge in [0.15, 0.2) is 0 Å². The van der Waals surface area contributed by atoms with Crippen LogP contribution >= 0.6 is 0 Å². The molecule has 0 heterocycles. The van der Waals surface area contributed by atoms with E-state index in [1.165, 1.54) is 6.08 Å². The largest absolute Gasteiger partial charge is 0.496 e. The van der Waals surface area contributed by atoms with E-state index < -0.39 is 5.97 Å². The van der Waals surface area contributed by atoms with E-state index in [0.29, 0.717) is 11.5 Å². The molecule has 0 bridgehead atoms. The van der Waals surface area contributed by atoms with E-state index in [4.69, 9.17) is 9.47 Å². The quantitative estimate of drug-likeness (QED) is 0.482. The Morgan fingerprint density at radius 2 is 1.65 bits per heavy atom. The number of ether oxygens (including phenoxy) is 2. The van der Waals surface area contributed by atoms with Gasteiger partial charge in [0.1, 0.15) is 11.5 Å². The molecular formula is C17H16O3. The molecule has 0 aliphatic rings. The summed E-state index contributed by atoms with van der Waals surface area (Å²) >= 11 is 0. The Kier molecular flexibility index (Phi) is 4.56. The molecule has 0 N–H and O–H groups in total. The normalized spacial score (nSPS) is 10.5. The molecule has 0 aliphatic heterocycles. The maximum absolute atomic E-state index is 11.8. The zero-order chi connectivity index (χ0) is 14.4. The molecule has 2 aromatic rings. The fourth-order valence-electron chi connectivity index (χ4n) is 1.78. The molecule has 0 aromatic heterocycles. The third-order valence-corrected chi connectivity index (χ3v) is 2.84. The Morgan fingerprint density at radius 1 is 1.00 bits per heavy atom. The highest BCUT2D eigenvalue weighted by Gasteiger charge is 2.04. The van der Waals surface area contributed by atoms with Crippen molar-refractivity contribution in [3.63, 3.8) is 0 Å². The Morgan fingerprint density at radius 3 is 2.35 bits per heavy atom. The minimum atomic E-state index is -0.412. The van der Waals surface area contributed by atoms with Gasteiger partial charge in [-0.25, -0.2) is 4.79 Å². The average molecular weight is 268 g/mol. The van der Waals surface area contributed by atoms with Crippen molar-refractivity contribution in [2.45, 2.75) is 6.92 Å². The number of carbonyl (C=O) groups excluding carboxylic acids is 1. The van der Waals surface area contributed by atoms with E-state index in [1.807, 2.05) is 49.4 Å². The standard InChI is InChI=1S/C17H16O3/c1-13-7-3-5-9-15(13)20-17(18)12-11-14-8-4-6-10-16(14)19-2/h3-12H,1-2H3/b12-11+. The summed E-state index contributed by atoms with van der Waals surface area (Å²) in [6.07, 6.45) is 3.07. The molecule has 0 saturated carbocycles. The van der Waals surface area contributed by atoms with Crippen molar-refractivity contribution in [1.82, 2.24) is 0 Å². The predicted octanol–water partition coefficient (Wildman–Crippen LogP) is 3.62. The molecule has 0 fully saturated rings. The number of para-hydroxylation sites is 2. The monoisotopic (exact) mass is 268 g/mol. The summed E-state index contributed by atoms with van der Waals surface area (Å²) in [5, 5.41) is 0. The summed E-state index contributed by atoms with van der Waals surface area (Å²) in [5.41, 5.74) is 1.75. The lowest BCUT2D eigenvalue weighted by Crippen LogP contribution is -2.04. The van der Waals surface area contributed by atoms with Gasteiger partial charge < -0.3 is 9.47 Å². The highest BCUT2D eigenvalue weighted by Crippen LogP contribution is 2.19. The highest BCUT2D eigenvalue weighted by molar-refractivity contribution is 5.89. The number of rotatable bonds is 4. The van der Waals surface area contributed by atoms with Crippen molar-refractivity contribution in [2.24, 2.45) is 0 Å². The van der Waals surface area contributed by atoms with Gasteiger partial charge in [-0.15, -0.1) is 0 Å². The van der Waals surface area contributed by atoms with Crippen LogP contribution in [0.4, 0.5) is 0 Å². The maximum atomic E-state index is 11.8. The molecule has 0 aliphatic carbocycles. The van der Waals surface area contributed by atoms with Crippen LogP contribution in [0.5, 0.6) is 11.5 Å². The first-order valence-corrected chi connectivity index (χ1v) is 6.29. The van der Waals surface area contributed by atoms with Crippen LogP contribution in [0, 0.1) is 6.92 Å². The molecule has 0 unspecified atom stereocenters. The second kappa shape index (κ2) is 6.57. The smallest absolute Gasteiger partial charge is 0.336 e. The van der Waals surface area contributed by atoms with Crippen molar-refractivity contribution in [3.8, 4) is 11.5 Å². The minimum Gasteiger partial charge on any atom is -0.496 e. The van der Waals surface area contributed by atoms with E-state index >= 15 is 0 Å². The van der Waals surface area contributed by atoms with Crippen LogP contribution in [-0.4, -0.2) is 13.1 Å². The first-order chi connectivity index (χ1) is 9.70. The van der Waals surface area contributed by atoms with E-state index in [0.717, 1.165) is 11.1 Å². The molecule has 0 radical (unpaired) electrons. The molecule has 0 atom stereocenters. The lowest BCUT2D eigenvalue weighted by atomic mass is 10.2. The number of esters is 1. The van der Waals surface area contributed by atoms with Crippen molar-refractivity contribution < 1.29 is 14.3 Å². The lowest BCUT2D eigenvalue weighted by Gasteiger charge is -2.05. The van der Waals surface area contributed by atoms with Crippen LogP contribution in [0.25, 0.3) is 6.08 Å². The Balaban J connectivity index is 2.08. The molecule has 102 valence electrons. The zero-order valence-corrected chi connectivity index (χ0v) is 11.5. The molecule has 3 nitrogen and oxygen atoms in total. The van der Waals surface area contributed by atoms with Crippen molar-refractivity contribution >= 4 is 12.0 Å². The fraction of sp³-hybridized carbons (Fsp3) is 0.118. The van der Waals surface area contributed by atoms with E-state index in [2.05, 4.69) is 0 Å². The van der Waals surface area contributed by atoms with Crippen LogP contribution < -0.4 is 9.47 Å². The number of methoxy groups -OCH3 is 1. The van der Waals surface area contributed by atoms with Crippen molar-refractivity contribution in [1.29, 1.82) is 0 Å². The zero-order valence-electron chi connectivity index (χ0n) is 11.5. The van der Waals surface area contributed by atoms with Crippen LogP contribution in [0.3, 0.4) is 0 Å². The SMILES string of the molecule is COc1ccccc1/C=C/C(=O)Oc1ccccc1C. The summed E-state index contributed by atoms with van der Waals surface area (Å²) in [4.78, 5) is 11.8. The van der Waals surface area contributed by atoms with Crippen molar-refractivity contribution in [3.05, 3.63) is 65.7 Å². The number of hydrogen-bond acceptors (Lipinski definition) is 3.